The lowest BCUT2D eigenvalue weighted by atomic mass is 10.1. The topological polar surface area (TPSA) is 68.2 Å². The van der Waals surface area contributed by atoms with E-state index in [1.165, 1.54) is 11.3 Å². The number of fused-ring (bicyclic) bond motifs is 3. The molecule has 72 valence electrons. The van der Waals surface area contributed by atoms with Gasteiger partial charge in [0.1, 0.15) is 0 Å². The summed E-state index contributed by atoms with van der Waals surface area (Å²) in [6.07, 6.45) is 4.52. The minimum Gasteiger partial charge on any atom is -0.394 e. The van der Waals surface area contributed by atoms with Crippen LogP contribution in [0.2, 0.25) is 0 Å². The second-order valence-electron chi connectivity index (χ2n) is 3.49. The van der Waals surface area contributed by atoms with E-state index in [2.05, 4.69) is 15.4 Å². The van der Waals surface area contributed by atoms with Crippen LogP contribution in [0.15, 0.2) is 12.4 Å². The Kier molecular flexibility index (Phi) is 1.49. The van der Waals surface area contributed by atoms with E-state index in [0.717, 1.165) is 25.2 Å². The fraction of sp³-hybridized carbons (Fsp3) is 0.333. The van der Waals surface area contributed by atoms with Crippen LogP contribution >= 0.6 is 0 Å². The molecule has 0 aliphatic carbocycles. The lowest BCUT2D eigenvalue weighted by Gasteiger charge is -2.16. The number of aromatic nitrogens is 3. The second-order valence-corrected chi connectivity index (χ2v) is 3.49. The van der Waals surface area contributed by atoms with E-state index in [4.69, 9.17) is 5.73 Å². The van der Waals surface area contributed by atoms with Crippen LogP contribution < -0.4 is 11.1 Å². The van der Waals surface area contributed by atoms with Crippen molar-refractivity contribution in [3.63, 3.8) is 0 Å². The number of rotatable bonds is 0. The number of nitrogens with one attached hydrogen (secondary N) is 1. The molecule has 5 nitrogen and oxygen atoms in total. The maximum atomic E-state index is 5.75. The highest BCUT2D eigenvalue weighted by atomic mass is 15.3. The van der Waals surface area contributed by atoms with Crippen LogP contribution in [0.25, 0.3) is 5.65 Å². The van der Waals surface area contributed by atoms with Crippen LogP contribution in [0.3, 0.4) is 0 Å². The largest absolute Gasteiger partial charge is 0.394 e. The number of nitrogens with zero attached hydrogens (tertiary/aromatic N) is 3. The quantitative estimate of drug-likeness (QED) is 0.610. The van der Waals surface area contributed by atoms with E-state index >= 15 is 0 Å². The molecule has 0 atom stereocenters. The third kappa shape index (κ3) is 0.927. The molecule has 0 saturated heterocycles. The van der Waals surface area contributed by atoms with Crippen molar-refractivity contribution < 1.29 is 0 Å². The number of nitrogen functional groups attached to an aromatic ring is 1. The molecule has 2 aromatic heterocycles. The number of hydrogen-bond donors (Lipinski definition) is 2. The third-order valence-corrected chi connectivity index (χ3v) is 2.59. The Morgan fingerprint density at radius 1 is 1.43 bits per heavy atom. The van der Waals surface area contributed by atoms with Gasteiger partial charge in [0.05, 0.1) is 17.6 Å². The van der Waals surface area contributed by atoms with Gasteiger partial charge in [-0.05, 0) is 0 Å². The second kappa shape index (κ2) is 2.68. The number of nitrogens with two attached hydrogens (primary N) is 1. The number of hydrogen-bond acceptors (Lipinski definition) is 4. The van der Waals surface area contributed by atoms with Crippen molar-refractivity contribution in [3.05, 3.63) is 23.7 Å². The normalized spacial score (nSPS) is 15.7. The zero-order valence-corrected chi connectivity index (χ0v) is 7.70. The zero-order chi connectivity index (χ0) is 9.54. The van der Waals surface area contributed by atoms with Gasteiger partial charge in [0.2, 0.25) is 0 Å². The predicted octanol–water partition coefficient (Wildman–Crippen LogP) is -0.0428. The summed E-state index contributed by atoms with van der Waals surface area (Å²) >= 11 is 0. The monoisotopic (exact) mass is 189 g/mol. The molecule has 1 aliphatic rings. The summed E-state index contributed by atoms with van der Waals surface area (Å²) in [5, 5.41) is 7.53. The Morgan fingerprint density at radius 3 is 3.29 bits per heavy atom. The van der Waals surface area contributed by atoms with Gasteiger partial charge in [-0.3, -0.25) is 0 Å². The maximum absolute atomic E-state index is 5.75. The van der Waals surface area contributed by atoms with Crippen molar-refractivity contribution in [1.29, 1.82) is 0 Å². The van der Waals surface area contributed by atoms with Gasteiger partial charge in [0, 0.05) is 31.3 Å². The summed E-state index contributed by atoms with van der Waals surface area (Å²) in [6, 6.07) is 0. The van der Waals surface area contributed by atoms with Gasteiger partial charge < -0.3 is 11.1 Å². The fourth-order valence-corrected chi connectivity index (χ4v) is 1.87. The van der Waals surface area contributed by atoms with E-state index in [0.29, 0.717) is 5.69 Å². The average Bonchev–Trinajstić information content (AvgIpc) is 2.61. The van der Waals surface area contributed by atoms with Crippen molar-refractivity contribution >= 4 is 11.3 Å². The van der Waals surface area contributed by atoms with Crippen LogP contribution in [0.5, 0.6) is 0 Å². The highest BCUT2D eigenvalue weighted by Crippen LogP contribution is 2.17. The Balaban J connectivity index is 2.35. The van der Waals surface area contributed by atoms with Crippen molar-refractivity contribution in [3.8, 4) is 0 Å². The van der Waals surface area contributed by atoms with Crippen LogP contribution in [-0.4, -0.2) is 21.1 Å². The molecule has 0 unspecified atom stereocenters. The van der Waals surface area contributed by atoms with E-state index in [9.17, 15) is 0 Å². The molecule has 5 heteroatoms. The van der Waals surface area contributed by atoms with Crippen LogP contribution in [0.4, 0.5) is 5.69 Å². The van der Waals surface area contributed by atoms with Crippen LogP contribution in [-0.2, 0) is 13.0 Å². The maximum Gasteiger partial charge on any atom is 0.178 e. The summed E-state index contributed by atoms with van der Waals surface area (Å²) in [5.41, 5.74) is 9.60. The fourth-order valence-electron chi connectivity index (χ4n) is 1.87. The molecule has 14 heavy (non-hydrogen) atoms. The van der Waals surface area contributed by atoms with E-state index in [1.54, 1.807) is 6.20 Å². The molecule has 0 radical (unpaired) electrons. The van der Waals surface area contributed by atoms with E-state index < -0.39 is 0 Å². The Hall–Kier alpha value is -1.62. The molecule has 1 aliphatic heterocycles. The first-order chi connectivity index (χ1) is 6.86. The number of anilines is 1. The van der Waals surface area contributed by atoms with Gasteiger partial charge in [-0.2, -0.15) is 5.10 Å². The first kappa shape index (κ1) is 7.75. The molecular weight excluding hydrogens is 178 g/mol. The van der Waals surface area contributed by atoms with Crippen molar-refractivity contribution in [2.24, 2.45) is 0 Å². The molecule has 0 amide bonds. The summed E-state index contributed by atoms with van der Waals surface area (Å²) in [5.74, 6) is 0. The van der Waals surface area contributed by atoms with Gasteiger partial charge in [0.25, 0.3) is 0 Å². The summed E-state index contributed by atoms with van der Waals surface area (Å²) in [4.78, 5) is 4.29. The van der Waals surface area contributed by atoms with Crippen LogP contribution in [0, 0.1) is 0 Å². The van der Waals surface area contributed by atoms with Crippen molar-refractivity contribution in [1.82, 2.24) is 19.9 Å². The Morgan fingerprint density at radius 2 is 2.36 bits per heavy atom. The molecule has 3 heterocycles. The highest BCUT2D eigenvalue weighted by molar-refractivity contribution is 5.63. The van der Waals surface area contributed by atoms with Gasteiger partial charge in [-0.15, -0.1) is 0 Å². The lowest BCUT2D eigenvalue weighted by Crippen LogP contribution is -2.26. The third-order valence-electron chi connectivity index (χ3n) is 2.59. The first-order valence-electron chi connectivity index (χ1n) is 4.67. The SMILES string of the molecule is Nc1cnn2c3c(cnc12)CNCC3. The smallest absolute Gasteiger partial charge is 0.178 e. The van der Waals surface area contributed by atoms with Crippen LogP contribution in [0.1, 0.15) is 11.3 Å². The van der Waals surface area contributed by atoms with Crippen molar-refractivity contribution in [2.45, 2.75) is 13.0 Å². The minimum atomic E-state index is 0.645. The zero-order valence-electron chi connectivity index (χ0n) is 7.70. The molecule has 0 spiro atoms. The summed E-state index contributed by atoms with van der Waals surface area (Å²) in [7, 11) is 0. The molecule has 0 aromatic carbocycles. The molecule has 3 rings (SSSR count). The molecule has 0 saturated carbocycles. The average molecular weight is 189 g/mol. The summed E-state index contributed by atoms with van der Waals surface area (Å²) < 4.78 is 1.85. The van der Waals surface area contributed by atoms with E-state index in [1.807, 2.05) is 10.7 Å². The van der Waals surface area contributed by atoms with Gasteiger partial charge in [-0.25, -0.2) is 9.50 Å². The molecular formula is C9H11N5. The van der Waals surface area contributed by atoms with Gasteiger partial charge in [-0.1, -0.05) is 0 Å². The van der Waals surface area contributed by atoms with E-state index in [-0.39, 0.29) is 0 Å². The van der Waals surface area contributed by atoms with Crippen molar-refractivity contribution in [2.75, 3.05) is 12.3 Å². The molecule has 0 fully saturated rings. The Bertz CT molecular complexity index is 487. The minimum absolute atomic E-state index is 0.645. The molecule has 2 aromatic rings. The molecule has 3 N–H and O–H groups in total. The van der Waals surface area contributed by atoms with Gasteiger partial charge in [0.15, 0.2) is 5.65 Å². The predicted molar refractivity (Wildman–Crippen MR) is 52.8 cm³/mol. The first-order valence-corrected chi connectivity index (χ1v) is 4.67. The summed E-state index contributed by atoms with van der Waals surface area (Å²) in [6.45, 7) is 1.86. The standard InChI is InChI=1S/C9H11N5/c10-7-5-13-14-8-1-2-11-3-6(8)4-12-9(7)14/h4-5,11H,1-3,10H2. The highest BCUT2D eigenvalue weighted by Gasteiger charge is 2.14. The molecule has 0 bridgehead atoms. The lowest BCUT2D eigenvalue weighted by molar-refractivity contribution is 0.610. The Labute approximate surface area is 80.9 Å². The van der Waals surface area contributed by atoms with Gasteiger partial charge >= 0.3 is 0 Å².